The lowest BCUT2D eigenvalue weighted by molar-refractivity contribution is 0.196. The SMILES string of the molecule is CCCCCCCCCCCCCC/C=C/CCC1NC=CN1CCO. The molecule has 0 aliphatic carbocycles. The summed E-state index contributed by atoms with van der Waals surface area (Å²) in [6, 6.07) is 0. The number of hydrogen-bond acceptors (Lipinski definition) is 3. The van der Waals surface area contributed by atoms with Gasteiger partial charge in [-0.15, -0.1) is 0 Å². The maximum atomic E-state index is 9.04. The lowest BCUT2D eigenvalue weighted by Crippen LogP contribution is -2.36. The Morgan fingerprint density at radius 2 is 1.42 bits per heavy atom. The Morgan fingerprint density at radius 3 is 2.04 bits per heavy atom. The van der Waals surface area contributed by atoms with E-state index < -0.39 is 0 Å². The summed E-state index contributed by atoms with van der Waals surface area (Å²) in [6.45, 7) is 3.23. The van der Waals surface area contributed by atoms with Gasteiger partial charge in [0.2, 0.25) is 0 Å². The van der Waals surface area contributed by atoms with Gasteiger partial charge in [0.25, 0.3) is 0 Å². The number of allylic oxidation sites excluding steroid dienone is 2. The quantitative estimate of drug-likeness (QED) is 0.227. The summed E-state index contributed by atoms with van der Waals surface area (Å²) in [5.41, 5.74) is 0. The molecule has 0 amide bonds. The lowest BCUT2D eigenvalue weighted by atomic mass is 10.0. The Labute approximate surface area is 162 Å². The summed E-state index contributed by atoms with van der Waals surface area (Å²) >= 11 is 0. The Bertz CT molecular complexity index is 354. The fraction of sp³-hybridized carbons (Fsp3) is 0.826. The lowest BCUT2D eigenvalue weighted by Gasteiger charge is -2.24. The molecule has 0 spiro atoms. The van der Waals surface area contributed by atoms with Gasteiger partial charge in [0.15, 0.2) is 0 Å². The molecule has 0 saturated carbocycles. The van der Waals surface area contributed by atoms with Crippen molar-refractivity contribution < 1.29 is 5.11 Å². The molecule has 0 aromatic carbocycles. The van der Waals surface area contributed by atoms with Crippen LogP contribution >= 0.6 is 0 Å². The first-order chi connectivity index (χ1) is 12.9. The van der Waals surface area contributed by atoms with Crippen molar-refractivity contribution in [2.45, 2.75) is 109 Å². The number of hydrogen-bond donors (Lipinski definition) is 2. The zero-order valence-corrected chi connectivity index (χ0v) is 17.3. The van der Waals surface area contributed by atoms with Crippen LogP contribution in [0.3, 0.4) is 0 Å². The van der Waals surface area contributed by atoms with Gasteiger partial charge in [0.05, 0.1) is 12.8 Å². The van der Waals surface area contributed by atoms with Gasteiger partial charge in [-0.1, -0.05) is 89.7 Å². The highest BCUT2D eigenvalue weighted by molar-refractivity contribution is 4.95. The van der Waals surface area contributed by atoms with Crippen molar-refractivity contribution >= 4 is 0 Å². The maximum Gasteiger partial charge on any atom is 0.0985 e. The standard InChI is InChI=1S/C23H44N2O/c1-2-3-4-5-6-7-8-9-10-11-12-13-14-15-16-17-18-23-24-19-20-25(23)21-22-26/h15-16,19-20,23-24,26H,2-14,17-18,21-22H2,1H3/b16-15+. The zero-order chi connectivity index (χ0) is 18.7. The van der Waals surface area contributed by atoms with Crippen LogP contribution in [0.25, 0.3) is 0 Å². The van der Waals surface area contributed by atoms with E-state index in [-0.39, 0.29) is 6.61 Å². The minimum Gasteiger partial charge on any atom is -0.395 e. The Hall–Kier alpha value is -0.960. The summed E-state index contributed by atoms with van der Waals surface area (Å²) < 4.78 is 0. The van der Waals surface area contributed by atoms with Gasteiger partial charge in [-0.3, -0.25) is 0 Å². The number of rotatable bonds is 18. The topological polar surface area (TPSA) is 35.5 Å². The molecule has 1 aliphatic rings. The second kappa shape index (κ2) is 17.5. The van der Waals surface area contributed by atoms with E-state index >= 15 is 0 Å². The van der Waals surface area contributed by atoms with Crippen LogP contribution < -0.4 is 5.32 Å². The monoisotopic (exact) mass is 364 g/mol. The molecule has 1 atom stereocenters. The van der Waals surface area contributed by atoms with E-state index in [1.807, 2.05) is 12.4 Å². The van der Waals surface area contributed by atoms with E-state index in [9.17, 15) is 0 Å². The van der Waals surface area contributed by atoms with Gasteiger partial charge in [-0.05, 0) is 25.7 Å². The molecule has 26 heavy (non-hydrogen) atoms. The highest BCUT2D eigenvalue weighted by Crippen LogP contribution is 2.13. The van der Waals surface area contributed by atoms with Crippen molar-refractivity contribution in [1.29, 1.82) is 0 Å². The zero-order valence-electron chi connectivity index (χ0n) is 17.3. The number of nitrogens with zero attached hydrogens (tertiary/aromatic N) is 1. The van der Waals surface area contributed by atoms with Gasteiger partial charge in [0.1, 0.15) is 0 Å². The van der Waals surface area contributed by atoms with E-state index in [2.05, 4.69) is 29.3 Å². The van der Waals surface area contributed by atoms with E-state index in [1.165, 1.54) is 83.5 Å². The van der Waals surface area contributed by atoms with E-state index in [1.54, 1.807) is 0 Å². The van der Waals surface area contributed by atoms with Crippen molar-refractivity contribution in [2.75, 3.05) is 13.2 Å². The second-order valence-corrected chi connectivity index (χ2v) is 7.69. The summed E-state index contributed by atoms with van der Waals surface area (Å²) in [5, 5.41) is 12.4. The molecular formula is C23H44N2O. The van der Waals surface area contributed by atoms with E-state index in [0.29, 0.717) is 6.17 Å². The summed E-state index contributed by atoms with van der Waals surface area (Å²) in [5.74, 6) is 0. The first-order valence-corrected chi connectivity index (χ1v) is 11.3. The third-order valence-corrected chi connectivity index (χ3v) is 5.31. The Morgan fingerprint density at radius 1 is 0.846 bits per heavy atom. The average molecular weight is 365 g/mol. The molecule has 152 valence electrons. The highest BCUT2D eigenvalue weighted by atomic mass is 16.3. The van der Waals surface area contributed by atoms with Crippen molar-refractivity contribution in [3.05, 3.63) is 24.6 Å². The predicted octanol–water partition coefficient (Wildman–Crippen LogP) is 6.11. The smallest absolute Gasteiger partial charge is 0.0985 e. The van der Waals surface area contributed by atoms with Crippen LogP contribution in [0.4, 0.5) is 0 Å². The molecule has 1 aliphatic heterocycles. The third-order valence-electron chi connectivity index (χ3n) is 5.31. The van der Waals surface area contributed by atoms with Crippen LogP contribution in [-0.2, 0) is 0 Å². The molecular weight excluding hydrogens is 320 g/mol. The van der Waals surface area contributed by atoms with Gasteiger partial charge in [-0.25, -0.2) is 0 Å². The molecule has 1 heterocycles. The van der Waals surface area contributed by atoms with Crippen molar-refractivity contribution in [2.24, 2.45) is 0 Å². The Balaban J connectivity index is 1.79. The number of β-amino-alcohol motifs (C(OH)–C–C–N with tert-alkyl or cyclic N) is 1. The van der Waals surface area contributed by atoms with Crippen LogP contribution in [0.2, 0.25) is 0 Å². The van der Waals surface area contributed by atoms with Gasteiger partial charge >= 0.3 is 0 Å². The van der Waals surface area contributed by atoms with Crippen LogP contribution in [0.5, 0.6) is 0 Å². The predicted molar refractivity (Wildman–Crippen MR) is 114 cm³/mol. The molecule has 0 aromatic rings. The first kappa shape index (κ1) is 23.1. The van der Waals surface area contributed by atoms with E-state index in [4.69, 9.17) is 5.11 Å². The minimum absolute atomic E-state index is 0.220. The van der Waals surface area contributed by atoms with Crippen LogP contribution in [0, 0.1) is 0 Å². The molecule has 1 rings (SSSR count). The largest absolute Gasteiger partial charge is 0.395 e. The normalized spacial score (nSPS) is 16.7. The molecule has 1 unspecified atom stereocenters. The van der Waals surface area contributed by atoms with E-state index in [0.717, 1.165) is 19.4 Å². The van der Waals surface area contributed by atoms with Crippen molar-refractivity contribution in [1.82, 2.24) is 10.2 Å². The van der Waals surface area contributed by atoms with Crippen molar-refractivity contribution in [3.63, 3.8) is 0 Å². The number of aliphatic hydroxyl groups is 1. The fourth-order valence-electron chi connectivity index (χ4n) is 3.64. The molecule has 0 bridgehead atoms. The number of unbranched alkanes of at least 4 members (excludes halogenated alkanes) is 12. The van der Waals surface area contributed by atoms with Gasteiger partial charge in [-0.2, -0.15) is 0 Å². The van der Waals surface area contributed by atoms with Crippen LogP contribution in [0.15, 0.2) is 24.6 Å². The van der Waals surface area contributed by atoms with Crippen LogP contribution in [-0.4, -0.2) is 29.3 Å². The average Bonchev–Trinajstić information content (AvgIpc) is 3.09. The third kappa shape index (κ3) is 12.4. The molecule has 0 radical (unpaired) electrons. The first-order valence-electron chi connectivity index (χ1n) is 11.3. The fourth-order valence-corrected chi connectivity index (χ4v) is 3.64. The number of nitrogens with one attached hydrogen (secondary N) is 1. The minimum atomic E-state index is 0.220. The molecule has 0 saturated heterocycles. The second-order valence-electron chi connectivity index (χ2n) is 7.69. The molecule has 2 N–H and O–H groups in total. The number of aliphatic hydroxyl groups excluding tert-OH is 1. The maximum absolute atomic E-state index is 9.04. The Kier molecular flexibility index (Phi) is 15.5. The van der Waals surface area contributed by atoms with Gasteiger partial charge in [0, 0.05) is 18.9 Å². The van der Waals surface area contributed by atoms with Crippen LogP contribution in [0.1, 0.15) is 103 Å². The molecule has 0 fully saturated rings. The molecule has 0 aromatic heterocycles. The summed E-state index contributed by atoms with van der Waals surface area (Å²) in [6.07, 6.45) is 29.5. The van der Waals surface area contributed by atoms with Crippen molar-refractivity contribution in [3.8, 4) is 0 Å². The molecule has 3 heteroatoms. The summed E-state index contributed by atoms with van der Waals surface area (Å²) in [7, 11) is 0. The van der Waals surface area contributed by atoms with Gasteiger partial charge < -0.3 is 15.3 Å². The highest BCUT2D eigenvalue weighted by Gasteiger charge is 2.16. The molecule has 3 nitrogen and oxygen atoms in total. The summed E-state index contributed by atoms with van der Waals surface area (Å²) in [4.78, 5) is 2.18.